The minimum absolute atomic E-state index is 0.241. The maximum absolute atomic E-state index is 14.6. The van der Waals surface area contributed by atoms with Crippen LogP contribution in [-0.2, 0) is 23.9 Å². The Bertz CT molecular complexity index is 1170. The molecule has 2 bridgehead atoms. The largest absolute Gasteiger partial charge is 0.465 e. The van der Waals surface area contributed by atoms with Gasteiger partial charge in [0.05, 0.1) is 30.8 Å². The maximum Gasteiger partial charge on any atom is 0.312 e. The minimum Gasteiger partial charge on any atom is -0.465 e. The number of anilines is 1. The van der Waals surface area contributed by atoms with Gasteiger partial charge in [0.25, 0.3) is 5.91 Å². The number of hydrogen-bond acceptors (Lipinski definition) is 6. The number of amides is 2. The fourth-order valence-electron chi connectivity index (χ4n) is 7.10. The fourth-order valence-corrected chi connectivity index (χ4v) is 7.10. The third-order valence-electron chi connectivity index (χ3n) is 9.13. The van der Waals surface area contributed by atoms with E-state index >= 15 is 0 Å². The van der Waals surface area contributed by atoms with Gasteiger partial charge in [0.15, 0.2) is 0 Å². The molecule has 0 aromatic heterocycles. The second kappa shape index (κ2) is 11.9. The van der Waals surface area contributed by atoms with Crippen LogP contribution in [0.2, 0.25) is 0 Å². The van der Waals surface area contributed by atoms with Crippen LogP contribution >= 0.6 is 0 Å². The number of hydrogen-bond donors (Lipinski definition) is 1. The van der Waals surface area contributed by atoms with E-state index in [4.69, 9.17) is 9.47 Å². The molecule has 0 aliphatic carbocycles. The van der Waals surface area contributed by atoms with Crippen molar-refractivity contribution in [2.75, 3.05) is 24.7 Å². The standard InChI is InChI=1S/C32H44N2O6/c1-7-10-11-12-18-39-30(38)26-25-28(36)34(23(6)20-35)27(32(25)16-15-31(26,9-3)40-32)29(37)33(17-8-2)24-19-21(4)13-14-22(24)5/h7-8,13-14,19,23,25-27,35H,1-2,9-12,15-18,20H2,3-6H3/t23-,25+,26-,27?,31+,32?/m1/s1. The highest BCUT2D eigenvalue weighted by Gasteiger charge is 2.79. The van der Waals surface area contributed by atoms with Crippen LogP contribution in [0.15, 0.2) is 43.5 Å². The average Bonchev–Trinajstić information content (AvgIpc) is 3.55. The Hall–Kier alpha value is -2.97. The number of ether oxygens (including phenoxy) is 2. The van der Waals surface area contributed by atoms with Gasteiger partial charge in [-0.15, -0.1) is 13.2 Å². The van der Waals surface area contributed by atoms with Crippen LogP contribution in [0.3, 0.4) is 0 Å². The smallest absolute Gasteiger partial charge is 0.312 e. The van der Waals surface area contributed by atoms with Gasteiger partial charge in [-0.2, -0.15) is 0 Å². The van der Waals surface area contributed by atoms with Crippen molar-refractivity contribution < 1.29 is 29.0 Å². The second-order valence-corrected chi connectivity index (χ2v) is 11.6. The molecule has 4 rings (SSSR count). The summed E-state index contributed by atoms with van der Waals surface area (Å²) in [5, 5.41) is 10.2. The molecule has 0 saturated carbocycles. The van der Waals surface area contributed by atoms with Crippen molar-refractivity contribution in [1.29, 1.82) is 0 Å². The van der Waals surface area contributed by atoms with Crippen molar-refractivity contribution in [3.05, 3.63) is 54.6 Å². The highest BCUT2D eigenvalue weighted by atomic mass is 16.6. The van der Waals surface area contributed by atoms with Crippen LogP contribution in [0.1, 0.15) is 63.5 Å². The molecule has 1 N–H and O–H groups in total. The normalized spacial score (nSPS) is 29.3. The van der Waals surface area contributed by atoms with Gasteiger partial charge in [-0.1, -0.05) is 31.2 Å². The van der Waals surface area contributed by atoms with Crippen molar-refractivity contribution >= 4 is 23.5 Å². The molecule has 3 saturated heterocycles. The van der Waals surface area contributed by atoms with Gasteiger partial charge in [-0.05, 0) is 76.5 Å². The van der Waals surface area contributed by atoms with Gasteiger partial charge >= 0.3 is 5.97 Å². The zero-order chi connectivity index (χ0) is 29.2. The lowest BCUT2D eigenvalue weighted by molar-refractivity contribution is -0.162. The van der Waals surface area contributed by atoms with Crippen molar-refractivity contribution in [1.82, 2.24) is 4.90 Å². The highest BCUT2D eigenvalue weighted by Crippen LogP contribution is 2.65. The number of esters is 1. The van der Waals surface area contributed by atoms with Crippen LogP contribution in [0.25, 0.3) is 0 Å². The molecule has 3 heterocycles. The van der Waals surface area contributed by atoms with Gasteiger partial charge in [-0.3, -0.25) is 14.4 Å². The van der Waals surface area contributed by atoms with E-state index in [0.717, 1.165) is 29.7 Å². The molecule has 8 nitrogen and oxygen atoms in total. The monoisotopic (exact) mass is 552 g/mol. The number of unbranched alkanes of at least 4 members (excludes halogenated alkanes) is 2. The Balaban J connectivity index is 1.76. The van der Waals surface area contributed by atoms with Crippen LogP contribution in [0.5, 0.6) is 0 Å². The first-order valence-electron chi connectivity index (χ1n) is 14.5. The lowest BCUT2D eigenvalue weighted by Gasteiger charge is -2.39. The summed E-state index contributed by atoms with van der Waals surface area (Å²) in [6.07, 6.45) is 7.46. The van der Waals surface area contributed by atoms with Crippen LogP contribution < -0.4 is 4.90 Å². The molecular formula is C32H44N2O6. The number of aliphatic hydroxyl groups excluding tert-OH is 1. The number of carbonyl (C=O) groups excluding carboxylic acids is 3. The van der Waals surface area contributed by atoms with Crippen molar-refractivity contribution in [3.63, 3.8) is 0 Å². The van der Waals surface area contributed by atoms with Crippen LogP contribution in [0.4, 0.5) is 5.69 Å². The second-order valence-electron chi connectivity index (χ2n) is 11.6. The van der Waals surface area contributed by atoms with Crippen LogP contribution in [0, 0.1) is 25.7 Å². The summed E-state index contributed by atoms with van der Waals surface area (Å²) in [5.74, 6) is -2.73. The molecular weight excluding hydrogens is 508 g/mol. The van der Waals surface area contributed by atoms with Gasteiger partial charge < -0.3 is 24.4 Å². The summed E-state index contributed by atoms with van der Waals surface area (Å²) in [6.45, 7) is 15.4. The topological polar surface area (TPSA) is 96.4 Å². The molecule has 218 valence electrons. The summed E-state index contributed by atoms with van der Waals surface area (Å²) in [5.41, 5.74) is 0.605. The molecule has 8 heteroatoms. The minimum atomic E-state index is -1.18. The predicted molar refractivity (Wildman–Crippen MR) is 154 cm³/mol. The first-order chi connectivity index (χ1) is 19.1. The molecule has 2 amide bonds. The third kappa shape index (κ3) is 4.79. The third-order valence-corrected chi connectivity index (χ3v) is 9.13. The maximum atomic E-state index is 14.6. The van der Waals surface area contributed by atoms with Crippen molar-refractivity contribution in [2.45, 2.75) is 89.5 Å². The summed E-state index contributed by atoms with van der Waals surface area (Å²) in [4.78, 5) is 45.6. The first-order valence-corrected chi connectivity index (χ1v) is 14.5. The van der Waals surface area contributed by atoms with E-state index in [2.05, 4.69) is 13.2 Å². The molecule has 6 atom stereocenters. The van der Waals surface area contributed by atoms with E-state index in [1.54, 1.807) is 17.9 Å². The number of aliphatic hydroxyl groups is 1. The van der Waals surface area contributed by atoms with Crippen molar-refractivity contribution in [3.8, 4) is 0 Å². The molecule has 1 aromatic rings. The highest BCUT2D eigenvalue weighted by molar-refractivity contribution is 6.05. The summed E-state index contributed by atoms with van der Waals surface area (Å²) in [6, 6.07) is 4.28. The number of rotatable bonds is 13. The van der Waals surface area contributed by atoms with Crippen LogP contribution in [-0.4, -0.2) is 70.8 Å². The zero-order valence-electron chi connectivity index (χ0n) is 24.4. The Morgan fingerprint density at radius 3 is 2.65 bits per heavy atom. The number of benzene rings is 1. The molecule has 1 aromatic carbocycles. The molecule has 1 spiro atoms. The van der Waals surface area contributed by atoms with Gasteiger partial charge in [0.1, 0.15) is 17.6 Å². The Morgan fingerprint density at radius 1 is 1.25 bits per heavy atom. The number of allylic oxidation sites excluding steroid dienone is 1. The SMILES string of the molecule is C=CCCCCOC(=O)[C@H]1[C@H]2C(=O)N([C@H](C)CO)C(C(=O)N(CC=C)c3cc(C)ccc3C)C23CC[C@]1(CC)O3. The predicted octanol–water partition coefficient (Wildman–Crippen LogP) is 4.26. The number of nitrogens with zero attached hydrogens (tertiary/aromatic N) is 2. The number of aryl methyl sites for hydroxylation is 2. The Kier molecular flexibility index (Phi) is 8.90. The molecule has 3 aliphatic rings. The fraction of sp³-hybridized carbons (Fsp3) is 0.594. The van der Waals surface area contributed by atoms with E-state index in [9.17, 15) is 19.5 Å². The summed E-state index contributed by atoms with van der Waals surface area (Å²) < 4.78 is 12.5. The van der Waals surface area contributed by atoms with E-state index < -0.39 is 41.1 Å². The zero-order valence-corrected chi connectivity index (χ0v) is 24.4. The Morgan fingerprint density at radius 2 is 2.00 bits per heavy atom. The lowest BCUT2D eigenvalue weighted by atomic mass is 9.65. The van der Waals surface area contributed by atoms with Gasteiger partial charge in [0.2, 0.25) is 5.91 Å². The number of likely N-dealkylation sites (tertiary alicyclic amines) is 1. The van der Waals surface area contributed by atoms with Gasteiger partial charge in [-0.25, -0.2) is 0 Å². The van der Waals surface area contributed by atoms with E-state index in [-0.39, 0.29) is 31.6 Å². The quantitative estimate of drug-likeness (QED) is 0.223. The number of carbonyl (C=O) groups is 3. The average molecular weight is 553 g/mol. The lowest BCUT2D eigenvalue weighted by Crippen LogP contribution is -2.58. The summed E-state index contributed by atoms with van der Waals surface area (Å²) in [7, 11) is 0. The number of fused-ring (bicyclic) bond motifs is 1. The molecule has 40 heavy (non-hydrogen) atoms. The molecule has 3 aliphatic heterocycles. The first kappa shape index (κ1) is 30.0. The molecule has 2 unspecified atom stereocenters. The van der Waals surface area contributed by atoms with E-state index in [1.807, 2.05) is 45.0 Å². The molecule has 3 fully saturated rings. The summed E-state index contributed by atoms with van der Waals surface area (Å²) >= 11 is 0. The Labute approximate surface area is 238 Å². The van der Waals surface area contributed by atoms with Crippen molar-refractivity contribution in [2.24, 2.45) is 11.8 Å². The molecule has 0 radical (unpaired) electrons. The van der Waals surface area contributed by atoms with E-state index in [0.29, 0.717) is 25.7 Å². The van der Waals surface area contributed by atoms with Gasteiger partial charge in [0, 0.05) is 12.2 Å². The van der Waals surface area contributed by atoms with E-state index in [1.165, 1.54) is 4.90 Å².